The Hall–Kier alpha value is -1.37. The van der Waals surface area contributed by atoms with Gasteiger partial charge in [0.05, 0.1) is 0 Å². The van der Waals surface area contributed by atoms with E-state index >= 15 is 0 Å². The molecule has 0 amide bonds. The molecule has 1 heteroatoms. The van der Waals surface area contributed by atoms with E-state index in [1.807, 2.05) is 0 Å². The van der Waals surface area contributed by atoms with Gasteiger partial charge < -0.3 is 0 Å². The van der Waals surface area contributed by atoms with Gasteiger partial charge in [0.1, 0.15) is 5.78 Å². The van der Waals surface area contributed by atoms with Crippen molar-refractivity contribution in [3.8, 4) is 0 Å². The zero-order valence-electron chi connectivity index (χ0n) is 13.1. The lowest BCUT2D eigenvalue weighted by atomic mass is 9.62. The highest BCUT2D eigenvalue weighted by molar-refractivity contribution is 5.85. The van der Waals surface area contributed by atoms with Gasteiger partial charge in [-0.05, 0) is 54.2 Å². The zero-order chi connectivity index (χ0) is 14.6. The minimum Gasteiger partial charge on any atom is -0.299 e. The highest BCUT2D eigenvalue weighted by Crippen LogP contribution is 2.58. The molecule has 1 spiro atoms. The molecule has 2 bridgehead atoms. The molecule has 3 atom stereocenters. The minimum atomic E-state index is 0.155. The van der Waals surface area contributed by atoms with E-state index in [-0.39, 0.29) is 5.41 Å². The van der Waals surface area contributed by atoms with Gasteiger partial charge in [0.25, 0.3) is 0 Å². The third-order valence-electron chi connectivity index (χ3n) is 6.27. The number of ketones is 1. The van der Waals surface area contributed by atoms with Crippen LogP contribution in [0.3, 0.4) is 0 Å². The Balaban J connectivity index is 1.82. The van der Waals surface area contributed by atoms with Crippen molar-refractivity contribution in [1.82, 2.24) is 0 Å². The van der Waals surface area contributed by atoms with Crippen molar-refractivity contribution >= 4 is 5.78 Å². The molecule has 21 heavy (non-hydrogen) atoms. The first-order valence-corrected chi connectivity index (χ1v) is 8.45. The smallest absolute Gasteiger partial charge is 0.138 e. The number of benzene rings is 1. The maximum Gasteiger partial charge on any atom is 0.138 e. The Morgan fingerprint density at radius 1 is 1.33 bits per heavy atom. The number of allylic oxidation sites excluding steroid dienone is 2. The number of rotatable bonds is 2. The first-order chi connectivity index (χ1) is 10.1. The molecule has 1 saturated carbocycles. The lowest BCUT2D eigenvalue weighted by Crippen LogP contribution is -2.39. The van der Waals surface area contributed by atoms with Crippen LogP contribution in [0.2, 0.25) is 0 Å². The van der Waals surface area contributed by atoms with Gasteiger partial charge in [0.2, 0.25) is 0 Å². The fourth-order valence-corrected chi connectivity index (χ4v) is 4.94. The van der Waals surface area contributed by atoms with Crippen LogP contribution in [-0.4, -0.2) is 5.78 Å². The standard InChI is InChI=1S/C20H24O/c1-3-13(2)15-5-7-19-16(9-15)10-18(21)12-20(19)11-14-4-6-17(20)8-14/h4-5,7,9,13,17H,3,6,8,10-12H2,1-2H3. The Kier molecular flexibility index (Phi) is 2.89. The van der Waals surface area contributed by atoms with Crippen molar-refractivity contribution in [2.24, 2.45) is 5.92 Å². The van der Waals surface area contributed by atoms with E-state index in [4.69, 9.17) is 0 Å². The third-order valence-corrected chi connectivity index (χ3v) is 6.27. The lowest BCUT2D eigenvalue weighted by molar-refractivity contribution is -0.120. The molecule has 1 fully saturated rings. The van der Waals surface area contributed by atoms with Crippen molar-refractivity contribution in [3.05, 3.63) is 46.5 Å². The summed E-state index contributed by atoms with van der Waals surface area (Å²) in [4.78, 5) is 12.4. The molecule has 3 aliphatic rings. The number of hydrogen-bond acceptors (Lipinski definition) is 1. The van der Waals surface area contributed by atoms with Gasteiger partial charge in [-0.1, -0.05) is 43.7 Å². The molecule has 0 aromatic heterocycles. The predicted octanol–water partition coefficient (Wildman–Crippen LogP) is 4.69. The van der Waals surface area contributed by atoms with Crippen LogP contribution in [0, 0.1) is 5.92 Å². The molecular formula is C20H24O. The SMILES string of the molecule is CCC(C)c1ccc2c(c1)CC(=O)CC21CC2=CCC1C2. The Labute approximate surface area is 127 Å². The summed E-state index contributed by atoms with van der Waals surface area (Å²) >= 11 is 0. The first kappa shape index (κ1) is 13.3. The fourth-order valence-electron chi connectivity index (χ4n) is 4.94. The summed E-state index contributed by atoms with van der Waals surface area (Å²) in [6, 6.07) is 7.03. The second kappa shape index (κ2) is 4.56. The maximum atomic E-state index is 12.4. The molecule has 1 aromatic rings. The molecule has 110 valence electrons. The van der Waals surface area contributed by atoms with Crippen molar-refractivity contribution in [2.75, 3.05) is 0 Å². The van der Waals surface area contributed by atoms with Crippen molar-refractivity contribution in [3.63, 3.8) is 0 Å². The maximum absolute atomic E-state index is 12.4. The van der Waals surface area contributed by atoms with E-state index in [9.17, 15) is 4.79 Å². The van der Waals surface area contributed by atoms with Gasteiger partial charge in [-0.2, -0.15) is 0 Å². The van der Waals surface area contributed by atoms with Gasteiger partial charge in [-0.15, -0.1) is 0 Å². The fraction of sp³-hybridized carbons (Fsp3) is 0.550. The van der Waals surface area contributed by atoms with Crippen LogP contribution in [0.5, 0.6) is 0 Å². The lowest BCUT2D eigenvalue weighted by Gasteiger charge is -2.41. The van der Waals surface area contributed by atoms with Gasteiger partial charge in [-0.25, -0.2) is 0 Å². The summed E-state index contributed by atoms with van der Waals surface area (Å²) in [6.07, 6.45) is 8.58. The molecule has 0 heterocycles. The molecule has 0 radical (unpaired) electrons. The summed E-state index contributed by atoms with van der Waals surface area (Å²) in [5, 5.41) is 0. The van der Waals surface area contributed by atoms with Crippen LogP contribution >= 0.6 is 0 Å². The third kappa shape index (κ3) is 1.86. The zero-order valence-corrected chi connectivity index (χ0v) is 13.1. The predicted molar refractivity (Wildman–Crippen MR) is 85.6 cm³/mol. The largest absolute Gasteiger partial charge is 0.299 e. The molecule has 1 nitrogen and oxygen atoms in total. The van der Waals surface area contributed by atoms with Gasteiger partial charge in [-0.3, -0.25) is 4.79 Å². The molecule has 3 unspecified atom stereocenters. The summed E-state index contributed by atoms with van der Waals surface area (Å²) in [5.41, 5.74) is 6.00. The minimum absolute atomic E-state index is 0.155. The summed E-state index contributed by atoms with van der Waals surface area (Å²) < 4.78 is 0. The Morgan fingerprint density at radius 3 is 2.86 bits per heavy atom. The monoisotopic (exact) mass is 280 g/mol. The number of carbonyl (C=O) groups excluding carboxylic acids is 1. The van der Waals surface area contributed by atoms with E-state index < -0.39 is 0 Å². The van der Waals surface area contributed by atoms with Crippen molar-refractivity contribution in [2.45, 2.75) is 63.7 Å². The average Bonchev–Trinajstić information content (AvgIpc) is 3.06. The van der Waals surface area contributed by atoms with Crippen molar-refractivity contribution < 1.29 is 4.79 Å². The van der Waals surface area contributed by atoms with Gasteiger partial charge in [0, 0.05) is 18.3 Å². The van der Waals surface area contributed by atoms with Crippen LogP contribution in [-0.2, 0) is 16.6 Å². The second-order valence-electron chi connectivity index (χ2n) is 7.45. The quantitative estimate of drug-likeness (QED) is 0.718. The molecule has 1 aromatic carbocycles. The molecule has 0 aliphatic heterocycles. The van der Waals surface area contributed by atoms with Crippen LogP contribution in [0.4, 0.5) is 0 Å². The van der Waals surface area contributed by atoms with Gasteiger partial charge >= 0.3 is 0 Å². The second-order valence-corrected chi connectivity index (χ2v) is 7.45. The highest BCUT2D eigenvalue weighted by Gasteiger charge is 2.51. The van der Waals surface area contributed by atoms with E-state index in [0.29, 0.717) is 24.0 Å². The van der Waals surface area contributed by atoms with Gasteiger partial charge in [0.15, 0.2) is 0 Å². The molecular weight excluding hydrogens is 256 g/mol. The topological polar surface area (TPSA) is 17.1 Å². The number of carbonyl (C=O) groups is 1. The summed E-state index contributed by atoms with van der Waals surface area (Å²) in [6.45, 7) is 4.52. The van der Waals surface area contributed by atoms with Crippen LogP contribution in [0.15, 0.2) is 29.8 Å². The Bertz CT molecular complexity index is 639. The molecule has 0 saturated heterocycles. The summed E-state index contributed by atoms with van der Waals surface area (Å²) in [5.74, 6) is 1.73. The van der Waals surface area contributed by atoms with Crippen molar-refractivity contribution in [1.29, 1.82) is 0 Å². The first-order valence-electron chi connectivity index (χ1n) is 8.45. The van der Waals surface area contributed by atoms with E-state index in [1.165, 1.54) is 29.5 Å². The average molecular weight is 280 g/mol. The summed E-state index contributed by atoms with van der Waals surface area (Å²) in [7, 11) is 0. The Morgan fingerprint density at radius 2 is 2.19 bits per heavy atom. The van der Waals surface area contributed by atoms with Crippen LogP contribution < -0.4 is 0 Å². The van der Waals surface area contributed by atoms with E-state index in [2.05, 4.69) is 38.1 Å². The number of hydrogen-bond donors (Lipinski definition) is 0. The highest BCUT2D eigenvalue weighted by atomic mass is 16.1. The molecule has 0 N–H and O–H groups in total. The number of fused-ring (bicyclic) bond motifs is 5. The number of Topliss-reactive ketones (excluding diaryl/α,β-unsaturated/α-hetero) is 1. The van der Waals surface area contributed by atoms with Crippen LogP contribution in [0.25, 0.3) is 0 Å². The van der Waals surface area contributed by atoms with Crippen LogP contribution in [0.1, 0.15) is 68.6 Å². The van der Waals surface area contributed by atoms with E-state index in [1.54, 1.807) is 5.57 Å². The normalized spacial score (nSPS) is 31.4. The molecule has 3 aliphatic carbocycles. The molecule has 4 rings (SSSR count). The van der Waals surface area contributed by atoms with E-state index in [0.717, 1.165) is 19.3 Å².